The number of aryl methyl sites for hydroxylation is 1. The fourth-order valence-corrected chi connectivity index (χ4v) is 5.26. The van der Waals surface area contributed by atoms with Gasteiger partial charge in [0.15, 0.2) is 18.1 Å². The first kappa shape index (κ1) is 26.4. The molecule has 1 fully saturated rings. The number of halogens is 1. The second kappa shape index (κ2) is 11.0. The summed E-state index contributed by atoms with van der Waals surface area (Å²) >= 11 is 0. The van der Waals surface area contributed by atoms with Crippen molar-refractivity contribution in [3.05, 3.63) is 71.9 Å². The van der Waals surface area contributed by atoms with Gasteiger partial charge in [-0.25, -0.2) is 14.4 Å². The zero-order valence-electron chi connectivity index (χ0n) is 22.6. The Bertz CT molecular complexity index is 1620. The topological polar surface area (TPSA) is 120 Å². The summed E-state index contributed by atoms with van der Waals surface area (Å²) in [6, 6.07) is 10.6. The number of hydrogen-bond acceptors (Lipinski definition) is 8. The van der Waals surface area contributed by atoms with Crippen LogP contribution in [0.3, 0.4) is 0 Å². The average molecular weight is 561 g/mol. The summed E-state index contributed by atoms with van der Waals surface area (Å²) in [5.41, 5.74) is 1.66. The molecule has 0 aliphatic carbocycles. The summed E-state index contributed by atoms with van der Waals surface area (Å²) in [5.74, 6) is 0.447. The van der Waals surface area contributed by atoms with Gasteiger partial charge in [0.1, 0.15) is 35.5 Å². The molecule has 0 saturated carbocycles. The minimum Gasteiger partial charge on any atom is -0.493 e. The summed E-state index contributed by atoms with van der Waals surface area (Å²) in [5, 5.41) is 6.74. The highest BCUT2D eigenvalue weighted by Crippen LogP contribution is 2.30. The molecule has 4 heterocycles. The van der Waals surface area contributed by atoms with Crippen molar-refractivity contribution in [1.29, 1.82) is 0 Å². The Hall–Kier alpha value is -4.87. The summed E-state index contributed by atoms with van der Waals surface area (Å²) in [4.78, 5) is 37.0. The van der Waals surface area contributed by atoms with Gasteiger partial charge in [-0.3, -0.25) is 9.59 Å². The number of amides is 2. The van der Waals surface area contributed by atoms with E-state index in [-0.39, 0.29) is 24.8 Å². The lowest BCUT2D eigenvalue weighted by Gasteiger charge is -2.39. The van der Waals surface area contributed by atoms with Gasteiger partial charge in [-0.05, 0) is 42.0 Å². The molecule has 41 heavy (non-hydrogen) atoms. The Morgan fingerprint density at radius 1 is 1.12 bits per heavy atom. The summed E-state index contributed by atoms with van der Waals surface area (Å²) < 4.78 is 33.8. The van der Waals surface area contributed by atoms with E-state index < -0.39 is 23.9 Å². The highest BCUT2D eigenvalue weighted by molar-refractivity contribution is 5.95. The van der Waals surface area contributed by atoms with Gasteiger partial charge in [-0.1, -0.05) is 0 Å². The van der Waals surface area contributed by atoms with Crippen molar-refractivity contribution < 1.29 is 28.2 Å². The number of benzene rings is 2. The van der Waals surface area contributed by atoms with E-state index in [0.29, 0.717) is 42.1 Å². The van der Waals surface area contributed by atoms with Gasteiger partial charge in [-0.15, -0.1) is 0 Å². The number of piperidine rings is 1. The van der Waals surface area contributed by atoms with Crippen LogP contribution < -0.4 is 29.7 Å². The number of aromatic nitrogens is 3. The second-order valence-corrected chi connectivity index (χ2v) is 10.1. The third-order valence-electron chi connectivity index (χ3n) is 7.30. The molecule has 0 spiro atoms. The van der Waals surface area contributed by atoms with Crippen molar-refractivity contribution in [2.24, 2.45) is 7.05 Å². The van der Waals surface area contributed by atoms with Crippen LogP contribution in [0.25, 0.3) is 11.0 Å². The first-order valence-electron chi connectivity index (χ1n) is 13.2. The SMILES string of the molecule is COc1ccc2cc1OCC(=O)NCc1cc(F)cc(c1)O[C@@H]1CCN(c3ncnc4c3ccn4C)C[C@@H]1NC2=O. The Morgan fingerprint density at radius 3 is 2.85 bits per heavy atom. The van der Waals surface area contributed by atoms with Gasteiger partial charge in [-0.2, -0.15) is 0 Å². The van der Waals surface area contributed by atoms with Crippen molar-refractivity contribution in [2.75, 3.05) is 31.7 Å². The Morgan fingerprint density at radius 2 is 2.00 bits per heavy atom. The molecule has 12 heteroatoms. The van der Waals surface area contributed by atoms with Crippen LogP contribution in [0, 0.1) is 5.82 Å². The molecule has 0 unspecified atom stereocenters. The monoisotopic (exact) mass is 560 g/mol. The molecule has 2 amide bonds. The maximum Gasteiger partial charge on any atom is 0.258 e. The van der Waals surface area contributed by atoms with E-state index in [9.17, 15) is 14.0 Å². The van der Waals surface area contributed by atoms with Crippen LogP contribution in [0.4, 0.5) is 10.2 Å². The molecule has 2 aromatic carbocycles. The normalized spacial score (nSPS) is 19.4. The van der Waals surface area contributed by atoms with Crippen molar-refractivity contribution >= 4 is 28.7 Å². The van der Waals surface area contributed by atoms with E-state index >= 15 is 0 Å². The minimum absolute atomic E-state index is 0.0902. The zero-order chi connectivity index (χ0) is 28.5. The number of rotatable bonds is 2. The summed E-state index contributed by atoms with van der Waals surface area (Å²) in [7, 11) is 3.40. The molecular formula is C29H29FN6O5. The first-order chi connectivity index (χ1) is 19.9. The van der Waals surface area contributed by atoms with E-state index in [1.807, 2.05) is 23.9 Å². The van der Waals surface area contributed by atoms with Crippen LogP contribution in [-0.2, 0) is 18.4 Å². The van der Waals surface area contributed by atoms with E-state index in [0.717, 1.165) is 16.9 Å². The van der Waals surface area contributed by atoms with E-state index in [2.05, 4.69) is 25.5 Å². The van der Waals surface area contributed by atoms with Gasteiger partial charge in [0.25, 0.3) is 11.8 Å². The van der Waals surface area contributed by atoms with Crippen LogP contribution in [0.15, 0.2) is 55.0 Å². The maximum atomic E-state index is 14.6. The number of hydrogen-bond donors (Lipinski definition) is 2. The number of anilines is 1. The fraction of sp³-hybridized carbons (Fsp3) is 0.310. The quantitative estimate of drug-likeness (QED) is 0.384. The standard InChI is InChI=1S/C29H29FN6O5/c1-35-7-5-21-27(35)32-16-33-28(21)36-8-6-23-22(14-36)34-29(38)18-3-4-24(39-2)25(11-18)40-15-26(37)31-13-17-9-19(30)12-20(10-17)41-23/h3-5,7,9-12,16,22-23H,6,8,13-15H2,1-2H3,(H,31,37)(H,34,38)/t22-,23+/m0/s1. The van der Waals surface area contributed by atoms with Crippen molar-refractivity contribution in [2.45, 2.75) is 25.1 Å². The first-order valence-corrected chi connectivity index (χ1v) is 13.2. The molecule has 212 valence electrons. The van der Waals surface area contributed by atoms with Gasteiger partial charge in [0, 0.05) is 50.9 Å². The van der Waals surface area contributed by atoms with Crippen molar-refractivity contribution in [3.63, 3.8) is 0 Å². The highest BCUT2D eigenvalue weighted by Gasteiger charge is 2.34. The molecule has 2 aliphatic heterocycles. The van der Waals surface area contributed by atoms with Crippen molar-refractivity contribution in [3.8, 4) is 17.2 Å². The fourth-order valence-electron chi connectivity index (χ4n) is 5.26. The van der Waals surface area contributed by atoms with E-state index in [4.69, 9.17) is 14.2 Å². The number of carbonyl (C=O) groups is 2. The molecule has 4 bridgehead atoms. The lowest BCUT2D eigenvalue weighted by Crippen LogP contribution is -2.57. The van der Waals surface area contributed by atoms with E-state index in [1.165, 1.54) is 25.6 Å². The molecule has 0 radical (unpaired) electrons. The lowest BCUT2D eigenvalue weighted by molar-refractivity contribution is -0.123. The summed E-state index contributed by atoms with van der Waals surface area (Å²) in [6.07, 6.45) is 3.53. The Labute approximate surface area is 235 Å². The second-order valence-electron chi connectivity index (χ2n) is 10.1. The maximum absolute atomic E-state index is 14.6. The van der Waals surface area contributed by atoms with Gasteiger partial charge >= 0.3 is 0 Å². The van der Waals surface area contributed by atoms with Crippen LogP contribution in [0.5, 0.6) is 17.2 Å². The third kappa shape index (κ3) is 5.45. The Balaban J connectivity index is 1.36. The molecule has 6 rings (SSSR count). The number of fused-ring (bicyclic) bond motifs is 6. The number of carbonyl (C=O) groups excluding carboxylic acids is 2. The van der Waals surface area contributed by atoms with E-state index in [1.54, 1.807) is 24.3 Å². The van der Waals surface area contributed by atoms with Crippen molar-refractivity contribution in [1.82, 2.24) is 25.2 Å². The molecule has 1 saturated heterocycles. The molecule has 2 aromatic heterocycles. The zero-order valence-corrected chi connectivity index (χ0v) is 22.6. The predicted molar refractivity (Wildman–Crippen MR) is 148 cm³/mol. The molecule has 2 N–H and O–H groups in total. The molecule has 2 aliphatic rings. The number of methoxy groups -OCH3 is 1. The number of nitrogens with one attached hydrogen (secondary N) is 2. The molecule has 4 aromatic rings. The third-order valence-corrected chi connectivity index (χ3v) is 7.30. The molecular weight excluding hydrogens is 531 g/mol. The molecule has 2 atom stereocenters. The molecule has 11 nitrogen and oxygen atoms in total. The average Bonchev–Trinajstić information content (AvgIpc) is 3.35. The Kier molecular flexibility index (Phi) is 7.04. The van der Waals surface area contributed by atoms with Crippen LogP contribution in [0.2, 0.25) is 0 Å². The minimum atomic E-state index is -0.491. The smallest absolute Gasteiger partial charge is 0.258 e. The van der Waals surface area contributed by atoms with Gasteiger partial charge in [0.2, 0.25) is 0 Å². The predicted octanol–water partition coefficient (Wildman–Crippen LogP) is 2.58. The lowest BCUT2D eigenvalue weighted by atomic mass is 10.0. The number of ether oxygens (including phenoxy) is 3. The van der Waals surface area contributed by atoms with Crippen LogP contribution in [0.1, 0.15) is 22.3 Å². The highest BCUT2D eigenvalue weighted by atomic mass is 19.1. The van der Waals surface area contributed by atoms with Crippen LogP contribution in [-0.4, -0.2) is 65.3 Å². The summed E-state index contributed by atoms with van der Waals surface area (Å²) in [6.45, 7) is 0.769. The largest absolute Gasteiger partial charge is 0.493 e. The number of nitrogens with zero attached hydrogens (tertiary/aromatic N) is 4. The van der Waals surface area contributed by atoms with Crippen LogP contribution >= 0.6 is 0 Å². The van der Waals surface area contributed by atoms with Gasteiger partial charge < -0.3 is 34.3 Å². The van der Waals surface area contributed by atoms with Gasteiger partial charge in [0.05, 0.1) is 18.5 Å².